The molecule has 11 heteroatoms. The predicted octanol–water partition coefficient (Wildman–Crippen LogP) is 6.15. The van der Waals surface area contributed by atoms with Gasteiger partial charge in [-0.2, -0.15) is 21.6 Å². The number of alkyl halides is 3. The monoisotopic (exact) mass is 544 g/mol. The number of aliphatic imine (C=N–C) groups is 1. The Hall–Kier alpha value is -3.83. The van der Waals surface area contributed by atoms with E-state index in [1.807, 2.05) is 30.3 Å². The summed E-state index contributed by atoms with van der Waals surface area (Å²) < 4.78 is 63.7. The van der Waals surface area contributed by atoms with Gasteiger partial charge < -0.3 is 10.1 Å². The molecule has 3 aromatic carbocycles. The highest BCUT2D eigenvalue weighted by atomic mass is 32.2. The van der Waals surface area contributed by atoms with Gasteiger partial charge in [-0.25, -0.2) is 4.99 Å². The van der Waals surface area contributed by atoms with Crippen molar-refractivity contribution in [2.45, 2.75) is 25.9 Å². The molecule has 4 aromatic rings. The molecule has 0 unspecified atom stereocenters. The van der Waals surface area contributed by atoms with Crippen LogP contribution in [0.5, 0.6) is 5.88 Å². The molecule has 0 aliphatic rings. The zero-order valence-corrected chi connectivity index (χ0v) is 21.6. The summed E-state index contributed by atoms with van der Waals surface area (Å²) in [7, 11) is -5.62. The summed E-state index contributed by atoms with van der Waals surface area (Å²) in [4.78, 5) is 9.87. The van der Waals surface area contributed by atoms with E-state index in [0.717, 1.165) is 25.2 Å². The van der Waals surface area contributed by atoms with Crippen LogP contribution >= 0.6 is 0 Å². The van der Waals surface area contributed by atoms with E-state index in [-0.39, 0.29) is 17.1 Å². The van der Waals surface area contributed by atoms with E-state index < -0.39 is 15.5 Å². The number of aromatic hydroxyl groups is 1. The van der Waals surface area contributed by atoms with Gasteiger partial charge in [0.15, 0.2) is 5.88 Å². The number of hydrogen-bond acceptors (Lipinski definition) is 5. The van der Waals surface area contributed by atoms with Gasteiger partial charge in [0, 0.05) is 28.7 Å². The van der Waals surface area contributed by atoms with Crippen LogP contribution in [0.4, 0.5) is 24.5 Å². The third-order valence-electron chi connectivity index (χ3n) is 6.10. The van der Waals surface area contributed by atoms with Crippen molar-refractivity contribution >= 4 is 38.0 Å². The fourth-order valence-electron chi connectivity index (χ4n) is 4.07. The Morgan fingerprint density at radius 2 is 1.66 bits per heavy atom. The lowest BCUT2D eigenvalue weighted by Crippen LogP contribution is -2.29. The SMILES string of the molecule is CCN(CC)Cc1ccc(N=C(c2ccccc2)c2c(O)[nH]c3ccc(NS(=O)(=O)C(F)(F)F)cc23)cc1. The molecule has 0 fully saturated rings. The molecule has 0 saturated carbocycles. The molecule has 38 heavy (non-hydrogen) atoms. The van der Waals surface area contributed by atoms with Crippen LogP contribution in [-0.2, 0) is 16.6 Å². The Morgan fingerprint density at radius 3 is 2.26 bits per heavy atom. The van der Waals surface area contributed by atoms with Crippen molar-refractivity contribution in [3.63, 3.8) is 0 Å². The molecule has 0 amide bonds. The van der Waals surface area contributed by atoms with Gasteiger partial charge in [-0.15, -0.1) is 0 Å². The number of H-pyrrole nitrogens is 1. The van der Waals surface area contributed by atoms with E-state index in [1.165, 1.54) is 18.2 Å². The number of fused-ring (bicyclic) bond motifs is 1. The predicted molar refractivity (Wildman–Crippen MR) is 143 cm³/mol. The largest absolute Gasteiger partial charge is 0.516 e. The first kappa shape index (κ1) is 27.2. The molecule has 0 saturated heterocycles. The Labute approximate surface area is 218 Å². The summed E-state index contributed by atoms with van der Waals surface area (Å²) >= 11 is 0. The van der Waals surface area contributed by atoms with E-state index >= 15 is 0 Å². The summed E-state index contributed by atoms with van der Waals surface area (Å²) in [5.74, 6) is -0.253. The van der Waals surface area contributed by atoms with E-state index in [0.29, 0.717) is 27.9 Å². The second-order valence-corrected chi connectivity index (χ2v) is 10.3. The van der Waals surface area contributed by atoms with E-state index in [1.54, 1.807) is 29.0 Å². The third-order valence-corrected chi connectivity index (χ3v) is 7.21. The van der Waals surface area contributed by atoms with E-state index in [9.17, 15) is 26.7 Å². The first-order chi connectivity index (χ1) is 18.0. The maximum Gasteiger partial charge on any atom is 0.516 e. The molecule has 0 aliphatic heterocycles. The molecule has 1 aromatic heterocycles. The number of hydrogen-bond donors (Lipinski definition) is 3. The number of anilines is 1. The lowest BCUT2D eigenvalue weighted by molar-refractivity contribution is -0.0429. The lowest BCUT2D eigenvalue weighted by atomic mass is 10.0. The molecule has 0 atom stereocenters. The summed E-state index contributed by atoms with van der Waals surface area (Å²) in [6.07, 6.45) is 0. The van der Waals surface area contributed by atoms with Crippen molar-refractivity contribution in [1.82, 2.24) is 9.88 Å². The lowest BCUT2D eigenvalue weighted by Gasteiger charge is -2.17. The third kappa shape index (κ3) is 5.84. The van der Waals surface area contributed by atoms with Crippen molar-refractivity contribution in [3.8, 4) is 5.88 Å². The molecule has 1 heterocycles. The van der Waals surface area contributed by atoms with Crippen LogP contribution < -0.4 is 4.72 Å². The average molecular weight is 545 g/mol. The number of aromatic nitrogens is 1. The van der Waals surface area contributed by atoms with Crippen molar-refractivity contribution in [3.05, 3.63) is 89.5 Å². The van der Waals surface area contributed by atoms with Crippen molar-refractivity contribution in [2.24, 2.45) is 4.99 Å². The number of rotatable bonds is 9. The zero-order valence-electron chi connectivity index (χ0n) is 20.7. The summed E-state index contributed by atoms with van der Waals surface area (Å²) in [6, 6.07) is 20.5. The molecule has 0 aliphatic carbocycles. The Bertz CT molecular complexity index is 1540. The molecule has 4 rings (SSSR count). The number of aromatic amines is 1. The van der Waals surface area contributed by atoms with Crippen LogP contribution in [0, 0.1) is 0 Å². The Morgan fingerprint density at radius 1 is 1.00 bits per heavy atom. The summed E-state index contributed by atoms with van der Waals surface area (Å²) in [5.41, 5.74) is -2.42. The second kappa shape index (κ2) is 10.9. The number of benzene rings is 3. The van der Waals surface area contributed by atoms with Crippen molar-refractivity contribution < 1.29 is 26.7 Å². The Kier molecular flexibility index (Phi) is 7.79. The van der Waals surface area contributed by atoms with Crippen molar-refractivity contribution in [1.29, 1.82) is 0 Å². The first-order valence-electron chi connectivity index (χ1n) is 11.9. The van der Waals surface area contributed by atoms with Crippen LogP contribution in [0.1, 0.15) is 30.5 Å². The highest BCUT2D eigenvalue weighted by Crippen LogP contribution is 2.34. The minimum Gasteiger partial charge on any atom is -0.494 e. The highest BCUT2D eigenvalue weighted by Gasteiger charge is 2.46. The minimum absolute atomic E-state index is 0.228. The van der Waals surface area contributed by atoms with Crippen molar-refractivity contribution in [2.75, 3.05) is 17.8 Å². The highest BCUT2D eigenvalue weighted by molar-refractivity contribution is 7.93. The van der Waals surface area contributed by atoms with Gasteiger partial charge in [0.2, 0.25) is 0 Å². The van der Waals surface area contributed by atoms with Crippen LogP contribution in [0.15, 0.2) is 77.8 Å². The van der Waals surface area contributed by atoms with Gasteiger partial charge in [0.1, 0.15) is 0 Å². The number of halogens is 3. The quantitative estimate of drug-likeness (QED) is 0.220. The van der Waals surface area contributed by atoms with Gasteiger partial charge in [-0.1, -0.05) is 56.3 Å². The zero-order chi connectivity index (χ0) is 27.5. The van der Waals surface area contributed by atoms with Crippen LogP contribution in [-0.4, -0.2) is 47.7 Å². The molecule has 0 spiro atoms. The second-order valence-electron chi connectivity index (χ2n) is 8.61. The molecular formula is C27H27F3N4O3S. The molecule has 200 valence electrons. The van der Waals surface area contributed by atoms with Crippen LogP contribution in [0.25, 0.3) is 10.9 Å². The maximum absolute atomic E-state index is 12.9. The molecule has 7 nitrogen and oxygen atoms in total. The number of nitrogens with zero attached hydrogens (tertiary/aromatic N) is 2. The van der Waals surface area contributed by atoms with E-state index in [4.69, 9.17) is 4.99 Å². The normalized spacial score (nSPS) is 12.8. The van der Waals surface area contributed by atoms with Gasteiger partial charge in [0.05, 0.1) is 17.0 Å². The molecule has 3 N–H and O–H groups in total. The fourth-order valence-corrected chi connectivity index (χ4v) is 4.62. The fraction of sp³-hybridized carbons (Fsp3) is 0.222. The van der Waals surface area contributed by atoms with Gasteiger partial charge in [-0.3, -0.25) is 9.62 Å². The maximum atomic E-state index is 12.9. The van der Waals surface area contributed by atoms with Crippen LogP contribution in [0.3, 0.4) is 0 Å². The summed E-state index contributed by atoms with van der Waals surface area (Å²) in [6.45, 7) is 6.84. The topological polar surface area (TPSA) is 97.8 Å². The van der Waals surface area contributed by atoms with E-state index in [2.05, 4.69) is 23.7 Å². The summed E-state index contributed by atoms with van der Waals surface area (Å²) in [5, 5.41) is 11.1. The van der Waals surface area contributed by atoms with Gasteiger partial charge in [0.25, 0.3) is 0 Å². The molecule has 0 bridgehead atoms. The van der Waals surface area contributed by atoms with Gasteiger partial charge in [-0.05, 0) is 49.0 Å². The minimum atomic E-state index is -5.62. The number of nitrogens with one attached hydrogen (secondary N) is 2. The van der Waals surface area contributed by atoms with Gasteiger partial charge >= 0.3 is 15.5 Å². The van der Waals surface area contributed by atoms with Crippen LogP contribution in [0.2, 0.25) is 0 Å². The molecular weight excluding hydrogens is 517 g/mol. The Balaban J connectivity index is 1.81. The first-order valence-corrected chi connectivity index (χ1v) is 13.4. The molecule has 0 radical (unpaired) electrons. The smallest absolute Gasteiger partial charge is 0.494 e. The average Bonchev–Trinajstić information content (AvgIpc) is 3.21. The number of sulfonamides is 1. The standard InChI is InChI=1S/C27H27F3N4O3S/c1-3-34(4-2)17-18-10-12-20(13-11-18)31-25(19-8-6-5-7-9-19)24-22-16-21(14-15-23(22)32-26(24)35)33-38(36,37)27(28,29)30/h5-16,32-33,35H,3-4,17H2,1-2H3.